The highest BCUT2D eigenvalue weighted by atomic mass is 16.5. The molecule has 0 atom stereocenters. The number of unbranched alkanes of at least 4 members (excludes halogenated alkanes) is 3. The van der Waals surface area contributed by atoms with Gasteiger partial charge in [-0.25, -0.2) is 10.9 Å². The molecule has 2 amide bonds. The number of hydroxylamine groups is 1. The minimum Gasteiger partial charge on any atom is -0.493 e. The summed E-state index contributed by atoms with van der Waals surface area (Å²) >= 11 is 0. The molecule has 0 saturated carbocycles. The van der Waals surface area contributed by atoms with E-state index < -0.39 is 0 Å². The molecule has 36 heavy (non-hydrogen) atoms. The topological polar surface area (TPSA) is 109 Å². The number of ether oxygens (including phenoxy) is 2. The number of hydrogen-bond acceptors (Lipinski definition) is 6. The molecule has 0 fully saturated rings. The van der Waals surface area contributed by atoms with Gasteiger partial charge in [0.15, 0.2) is 0 Å². The molecule has 0 unspecified atom stereocenters. The van der Waals surface area contributed by atoms with Crippen molar-refractivity contribution in [3.05, 3.63) is 71.8 Å². The van der Waals surface area contributed by atoms with E-state index in [4.69, 9.17) is 21.1 Å². The van der Waals surface area contributed by atoms with Gasteiger partial charge >= 0.3 is 0 Å². The molecular formula is C28H29N3O5. The maximum absolute atomic E-state index is 12.8. The Balaban J connectivity index is 1.55. The third-order valence-electron chi connectivity index (χ3n) is 5.39. The van der Waals surface area contributed by atoms with Crippen molar-refractivity contribution in [2.24, 2.45) is 5.10 Å². The van der Waals surface area contributed by atoms with E-state index in [1.807, 2.05) is 36.4 Å². The van der Waals surface area contributed by atoms with Crippen molar-refractivity contribution in [1.29, 1.82) is 0 Å². The van der Waals surface area contributed by atoms with E-state index in [0.29, 0.717) is 36.5 Å². The second kappa shape index (κ2) is 14.1. The Morgan fingerprint density at radius 2 is 1.69 bits per heavy atom. The molecule has 0 heterocycles. The fourth-order valence-corrected chi connectivity index (χ4v) is 3.58. The lowest BCUT2D eigenvalue weighted by Crippen LogP contribution is -2.18. The van der Waals surface area contributed by atoms with Gasteiger partial charge in [-0.1, -0.05) is 43.0 Å². The molecule has 0 bridgehead atoms. The summed E-state index contributed by atoms with van der Waals surface area (Å²) in [6, 6.07) is 18.3. The standard InChI is InChI=1S/C28H29N3O5/c1-2-18-35-22-14-12-21(13-15-22)20-29-30-28(33)25-16-17-26(24-10-7-6-9-23(24)25)36-19-8-4-3-5-11-27(32)31-34/h1,6-7,9-10,12-17,20,34H,3-5,8,11,18-19H2,(H,30,33)(H,31,32)/b29-20+. The minimum absolute atomic E-state index is 0.203. The summed E-state index contributed by atoms with van der Waals surface area (Å²) in [5.74, 6) is 3.09. The Bertz CT molecular complexity index is 1230. The predicted molar refractivity (Wildman–Crippen MR) is 138 cm³/mol. The molecule has 3 N–H and O–H groups in total. The summed E-state index contributed by atoms with van der Waals surface area (Å²) in [5.41, 5.74) is 5.51. The molecule has 8 heteroatoms. The number of terminal acetylenes is 1. The number of fused-ring (bicyclic) bond motifs is 1. The molecule has 8 nitrogen and oxygen atoms in total. The fourth-order valence-electron chi connectivity index (χ4n) is 3.58. The average Bonchev–Trinajstić information content (AvgIpc) is 2.91. The maximum atomic E-state index is 12.8. The number of hydrazone groups is 1. The Hall–Kier alpha value is -4.35. The second-order valence-electron chi connectivity index (χ2n) is 7.97. The van der Waals surface area contributed by atoms with Crippen LogP contribution in [-0.2, 0) is 4.79 Å². The SMILES string of the molecule is C#CCOc1ccc(/C=N/NC(=O)c2ccc(OCCCCCCC(=O)NO)c3ccccc23)cc1. The highest BCUT2D eigenvalue weighted by molar-refractivity contribution is 6.08. The minimum atomic E-state index is -0.367. The Labute approximate surface area is 210 Å². The number of carbonyl (C=O) groups excluding carboxylic acids is 2. The number of amides is 2. The number of benzene rings is 3. The first-order valence-electron chi connectivity index (χ1n) is 11.7. The third-order valence-corrected chi connectivity index (χ3v) is 5.39. The summed E-state index contributed by atoms with van der Waals surface area (Å²) in [6.45, 7) is 0.729. The Kier molecular flexibility index (Phi) is 10.3. The number of hydrogen-bond donors (Lipinski definition) is 3. The zero-order valence-corrected chi connectivity index (χ0v) is 19.9. The van der Waals surface area contributed by atoms with Crippen LogP contribution in [0.15, 0.2) is 65.8 Å². The quantitative estimate of drug-likeness (QED) is 0.109. The first kappa shape index (κ1) is 26.3. The predicted octanol–water partition coefficient (Wildman–Crippen LogP) is 4.45. The summed E-state index contributed by atoms with van der Waals surface area (Å²) in [7, 11) is 0. The van der Waals surface area contributed by atoms with Gasteiger partial charge in [-0.3, -0.25) is 14.8 Å². The monoisotopic (exact) mass is 487 g/mol. The lowest BCUT2D eigenvalue weighted by molar-refractivity contribution is -0.129. The largest absolute Gasteiger partial charge is 0.493 e. The van der Waals surface area contributed by atoms with Crippen molar-refractivity contribution in [2.45, 2.75) is 32.1 Å². The van der Waals surface area contributed by atoms with Gasteiger partial charge in [0.2, 0.25) is 5.91 Å². The first-order valence-corrected chi connectivity index (χ1v) is 11.7. The van der Waals surface area contributed by atoms with Crippen LogP contribution in [0.25, 0.3) is 10.8 Å². The van der Waals surface area contributed by atoms with Crippen LogP contribution >= 0.6 is 0 Å². The molecule has 0 saturated heterocycles. The number of nitrogens with zero attached hydrogens (tertiary/aromatic N) is 1. The van der Waals surface area contributed by atoms with Crippen molar-refractivity contribution < 1.29 is 24.3 Å². The van der Waals surface area contributed by atoms with Crippen molar-refractivity contribution in [2.75, 3.05) is 13.2 Å². The molecule has 3 aromatic carbocycles. The van der Waals surface area contributed by atoms with Gasteiger partial charge in [0.05, 0.1) is 12.8 Å². The van der Waals surface area contributed by atoms with Crippen LogP contribution in [0.3, 0.4) is 0 Å². The smallest absolute Gasteiger partial charge is 0.271 e. The zero-order valence-electron chi connectivity index (χ0n) is 19.9. The highest BCUT2D eigenvalue weighted by Crippen LogP contribution is 2.29. The number of carbonyl (C=O) groups is 2. The summed E-state index contributed by atoms with van der Waals surface area (Å²) in [6.07, 6.45) is 10.4. The molecule has 0 aromatic heterocycles. The molecule has 0 spiro atoms. The van der Waals surface area contributed by atoms with E-state index in [1.165, 1.54) is 0 Å². The van der Waals surface area contributed by atoms with Gasteiger partial charge in [-0.05, 0) is 60.2 Å². The molecule has 186 valence electrons. The van der Waals surface area contributed by atoms with Crippen LogP contribution in [0.2, 0.25) is 0 Å². The first-order chi connectivity index (χ1) is 17.6. The van der Waals surface area contributed by atoms with Crippen molar-refractivity contribution in [3.63, 3.8) is 0 Å². The number of nitrogens with one attached hydrogen (secondary N) is 2. The van der Waals surface area contributed by atoms with Crippen LogP contribution < -0.4 is 20.4 Å². The van der Waals surface area contributed by atoms with Gasteiger partial charge in [-0.2, -0.15) is 5.10 Å². The second-order valence-corrected chi connectivity index (χ2v) is 7.97. The summed E-state index contributed by atoms with van der Waals surface area (Å²) in [5, 5.41) is 14.2. The van der Waals surface area contributed by atoms with E-state index in [-0.39, 0.29) is 18.4 Å². The molecule has 0 radical (unpaired) electrons. The third kappa shape index (κ3) is 7.86. The normalized spacial score (nSPS) is 10.7. The van der Waals surface area contributed by atoms with Gasteiger partial charge in [-0.15, -0.1) is 6.42 Å². The van der Waals surface area contributed by atoms with E-state index in [2.05, 4.69) is 16.4 Å². The lowest BCUT2D eigenvalue weighted by Gasteiger charge is -2.12. The Morgan fingerprint density at radius 3 is 2.44 bits per heavy atom. The molecule has 0 aliphatic carbocycles. The zero-order chi connectivity index (χ0) is 25.6. The lowest BCUT2D eigenvalue weighted by atomic mass is 10.0. The van der Waals surface area contributed by atoms with E-state index in [9.17, 15) is 9.59 Å². The van der Waals surface area contributed by atoms with Gasteiger partial charge in [0.1, 0.15) is 18.1 Å². The van der Waals surface area contributed by atoms with Crippen molar-refractivity contribution in [1.82, 2.24) is 10.9 Å². The van der Waals surface area contributed by atoms with Crippen LogP contribution in [-0.4, -0.2) is 36.4 Å². The van der Waals surface area contributed by atoms with Gasteiger partial charge < -0.3 is 9.47 Å². The maximum Gasteiger partial charge on any atom is 0.271 e. The Morgan fingerprint density at radius 1 is 0.944 bits per heavy atom. The van der Waals surface area contributed by atoms with E-state index >= 15 is 0 Å². The van der Waals surface area contributed by atoms with Crippen LogP contribution in [0.4, 0.5) is 0 Å². The van der Waals surface area contributed by atoms with E-state index in [0.717, 1.165) is 35.6 Å². The van der Waals surface area contributed by atoms with Gasteiger partial charge in [0.25, 0.3) is 5.91 Å². The highest BCUT2D eigenvalue weighted by Gasteiger charge is 2.12. The molecule has 0 aliphatic heterocycles. The van der Waals surface area contributed by atoms with Crippen molar-refractivity contribution in [3.8, 4) is 23.8 Å². The molecule has 0 aliphatic rings. The molecule has 3 rings (SSSR count). The molecule has 3 aromatic rings. The average molecular weight is 488 g/mol. The van der Waals surface area contributed by atoms with Crippen LogP contribution in [0, 0.1) is 12.3 Å². The van der Waals surface area contributed by atoms with Crippen molar-refractivity contribution >= 4 is 28.8 Å². The summed E-state index contributed by atoms with van der Waals surface area (Å²) in [4.78, 5) is 23.8. The number of rotatable bonds is 13. The molecular weight excluding hydrogens is 458 g/mol. The fraction of sp³-hybridized carbons (Fsp3) is 0.250. The van der Waals surface area contributed by atoms with Gasteiger partial charge in [0, 0.05) is 17.4 Å². The van der Waals surface area contributed by atoms with Crippen LogP contribution in [0.1, 0.15) is 48.0 Å². The van der Waals surface area contributed by atoms with Crippen LogP contribution in [0.5, 0.6) is 11.5 Å². The van der Waals surface area contributed by atoms with E-state index in [1.54, 1.807) is 36.0 Å². The summed E-state index contributed by atoms with van der Waals surface area (Å²) < 4.78 is 11.3.